The molecule has 0 radical (unpaired) electrons. The topological polar surface area (TPSA) is 26.3 Å². The molecule has 0 unspecified atom stereocenters. The Morgan fingerprint density at radius 1 is 1.05 bits per heavy atom. The summed E-state index contributed by atoms with van der Waals surface area (Å²) >= 11 is 0. The average Bonchev–Trinajstić information content (AvgIpc) is 2.49. The Kier molecular flexibility index (Phi) is 7.72. The number of carbonyl (C=O) groups excluding carboxylic acids is 1. The molecule has 0 amide bonds. The molecule has 118 valence electrons. The van der Waals surface area contributed by atoms with Crippen molar-refractivity contribution >= 4 is 13.5 Å². The van der Waals surface area contributed by atoms with E-state index in [1.807, 2.05) is 24.3 Å². The first-order valence-corrected chi connectivity index (χ1v) is 11.4. The van der Waals surface area contributed by atoms with Crippen LogP contribution in [0.15, 0.2) is 24.3 Å². The van der Waals surface area contributed by atoms with Crippen LogP contribution in [0.3, 0.4) is 0 Å². The number of rotatable bonds is 10. The van der Waals surface area contributed by atoms with E-state index in [1.54, 1.807) is 7.11 Å². The van der Waals surface area contributed by atoms with Gasteiger partial charge in [0.2, 0.25) is 0 Å². The molecule has 0 aliphatic rings. The van der Waals surface area contributed by atoms with E-state index in [0.29, 0.717) is 11.2 Å². The van der Waals surface area contributed by atoms with Crippen molar-refractivity contribution in [3.8, 4) is 5.75 Å². The zero-order chi connectivity index (χ0) is 15.7. The molecular weight excluding hydrogens is 276 g/mol. The summed E-state index contributed by atoms with van der Waals surface area (Å²) in [4.78, 5) is 12.8. The Hall–Kier alpha value is -1.09. The van der Waals surface area contributed by atoms with Gasteiger partial charge in [0.05, 0.1) is 12.7 Å². The maximum absolute atomic E-state index is 12.8. The summed E-state index contributed by atoms with van der Waals surface area (Å²) in [7, 11) is -0.249. The molecular formula is C18H30O2Si. The van der Waals surface area contributed by atoms with Gasteiger partial charge in [-0.3, -0.25) is 4.79 Å². The second kappa shape index (κ2) is 9.03. The smallest absolute Gasteiger partial charge is 0.143 e. The molecule has 0 heterocycles. The lowest BCUT2D eigenvalue weighted by Gasteiger charge is -2.21. The summed E-state index contributed by atoms with van der Waals surface area (Å²) in [5, 5.41) is 0.327. The van der Waals surface area contributed by atoms with E-state index >= 15 is 0 Å². The van der Waals surface area contributed by atoms with Gasteiger partial charge >= 0.3 is 0 Å². The van der Waals surface area contributed by atoms with E-state index < -0.39 is 8.07 Å². The number of ether oxygens (including phenoxy) is 1. The number of carbonyl (C=O) groups is 1. The van der Waals surface area contributed by atoms with Crippen molar-refractivity contribution in [2.24, 2.45) is 0 Å². The van der Waals surface area contributed by atoms with Crippen LogP contribution in [0, 0.1) is 0 Å². The molecule has 0 fully saturated rings. The minimum absolute atomic E-state index is 0.327. The summed E-state index contributed by atoms with van der Waals surface area (Å²) in [6.45, 7) is 6.61. The van der Waals surface area contributed by atoms with Gasteiger partial charge in [-0.05, 0) is 12.1 Å². The fourth-order valence-corrected chi connectivity index (χ4v) is 4.95. The van der Waals surface area contributed by atoms with Gasteiger partial charge in [-0.25, -0.2) is 0 Å². The fraction of sp³-hybridized carbons (Fsp3) is 0.611. The first-order valence-electron chi connectivity index (χ1n) is 8.20. The standard InChI is InChI=1S/C18H30O2Si/c1-5-6-7-8-9-12-15-21(3,4)18(19)16-13-10-11-14-17(16)20-2/h10-11,13-14H,5-9,12,15H2,1-4H3. The second-order valence-corrected chi connectivity index (χ2v) is 11.2. The Morgan fingerprint density at radius 2 is 1.67 bits per heavy atom. The number of unbranched alkanes of at least 4 members (excludes halogenated alkanes) is 5. The Morgan fingerprint density at radius 3 is 2.33 bits per heavy atom. The molecule has 0 saturated heterocycles. The molecule has 0 aromatic heterocycles. The molecule has 0 atom stereocenters. The summed E-state index contributed by atoms with van der Waals surface area (Å²) < 4.78 is 5.33. The maximum Gasteiger partial charge on any atom is 0.143 e. The van der Waals surface area contributed by atoms with Crippen LogP contribution in [0.2, 0.25) is 19.1 Å². The van der Waals surface area contributed by atoms with E-state index in [0.717, 1.165) is 11.6 Å². The highest BCUT2D eigenvalue weighted by atomic mass is 28.3. The minimum Gasteiger partial charge on any atom is -0.496 e. The third kappa shape index (κ3) is 5.66. The van der Waals surface area contributed by atoms with Gasteiger partial charge in [0.15, 0.2) is 0 Å². The van der Waals surface area contributed by atoms with Gasteiger partial charge in [0, 0.05) is 0 Å². The zero-order valence-electron chi connectivity index (χ0n) is 14.1. The van der Waals surface area contributed by atoms with Crippen molar-refractivity contribution in [1.29, 1.82) is 0 Å². The van der Waals surface area contributed by atoms with E-state index in [4.69, 9.17) is 4.74 Å². The zero-order valence-corrected chi connectivity index (χ0v) is 15.1. The third-order valence-electron chi connectivity index (χ3n) is 4.12. The van der Waals surface area contributed by atoms with Gasteiger partial charge < -0.3 is 4.74 Å². The lowest BCUT2D eigenvalue weighted by Crippen LogP contribution is -2.37. The molecule has 2 nitrogen and oxygen atoms in total. The van der Waals surface area contributed by atoms with Gasteiger partial charge in [-0.2, -0.15) is 0 Å². The van der Waals surface area contributed by atoms with Crippen molar-refractivity contribution in [1.82, 2.24) is 0 Å². The minimum atomic E-state index is -1.88. The predicted octanol–water partition coefficient (Wildman–Crippen LogP) is 5.49. The molecule has 1 aromatic rings. The average molecular weight is 307 g/mol. The van der Waals surface area contributed by atoms with Gasteiger partial charge in [-0.15, -0.1) is 0 Å². The van der Waals surface area contributed by atoms with Crippen LogP contribution >= 0.6 is 0 Å². The number of benzene rings is 1. The molecule has 0 bridgehead atoms. The summed E-state index contributed by atoms with van der Waals surface area (Å²) in [5.41, 5.74) is 0.766. The van der Waals surface area contributed by atoms with Crippen molar-refractivity contribution < 1.29 is 9.53 Å². The molecule has 3 heteroatoms. The molecule has 0 N–H and O–H groups in total. The molecule has 0 spiro atoms. The van der Waals surface area contributed by atoms with Gasteiger partial charge in [-0.1, -0.05) is 76.7 Å². The molecule has 1 rings (SSSR count). The van der Waals surface area contributed by atoms with Crippen molar-refractivity contribution in [3.63, 3.8) is 0 Å². The van der Waals surface area contributed by atoms with Crippen LogP contribution < -0.4 is 4.74 Å². The highest BCUT2D eigenvalue weighted by molar-refractivity contribution is 7.06. The molecule has 21 heavy (non-hydrogen) atoms. The lowest BCUT2D eigenvalue weighted by atomic mass is 10.1. The highest BCUT2D eigenvalue weighted by Crippen LogP contribution is 2.26. The Bertz CT molecular complexity index is 441. The van der Waals surface area contributed by atoms with Gasteiger partial charge in [0.25, 0.3) is 0 Å². The highest BCUT2D eigenvalue weighted by Gasteiger charge is 2.32. The number of hydrogen-bond donors (Lipinski definition) is 0. The van der Waals surface area contributed by atoms with E-state index in [1.165, 1.54) is 38.5 Å². The fourth-order valence-electron chi connectivity index (χ4n) is 2.66. The number of hydrogen-bond acceptors (Lipinski definition) is 2. The third-order valence-corrected chi connectivity index (χ3v) is 7.22. The lowest BCUT2D eigenvalue weighted by molar-refractivity contribution is 0.106. The van der Waals surface area contributed by atoms with E-state index in [9.17, 15) is 4.79 Å². The number of para-hydroxylation sites is 1. The van der Waals surface area contributed by atoms with E-state index in [2.05, 4.69) is 20.0 Å². The molecule has 0 aliphatic carbocycles. The molecule has 1 aromatic carbocycles. The SMILES string of the molecule is CCCCCCCC[Si](C)(C)C(=O)c1ccccc1OC. The van der Waals surface area contributed by atoms with Crippen LogP contribution in [0.1, 0.15) is 55.8 Å². The van der Waals surface area contributed by atoms with Crippen LogP contribution in [0.5, 0.6) is 5.75 Å². The maximum atomic E-state index is 12.8. The van der Waals surface area contributed by atoms with Crippen LogP contribution in [0.25, 0.3) is 0 Å². The van der Waals surface area contributed by atoms with Crippen molar-refractivity contribution in [2.45, 2.75) is 64.6 Å². The summed E-state index contributed by atoms with van der Waals surface area (Å²) in [6, 6.07) is 8.69. The van der Waals surface area contributed by atoms with Crippen LogP contribution in [-0.4, -0.2) is 20.6 Å². The van der Waals surface area contributed by atoms with Gasteiger partial charge in [0.1, 0.15) is 19.2 Å². The number of methoxy groups -OCH3 is 1. The van der Waals surface area contributed by atoms with E-state index in [-0.39, 0.29) is 0 Å². The Labute approximate surface area is 130 Å². The molecule has 0 aliphatic heterocycles. The van der Waals surface area contributed by atoms with Crippen molar-refractivity contribution in [2.75, 3.05) is 7.11 Å². The Balaban J connectivity index is 2.54. The quantitative estimate of drug-likeness (QED) is 0.422. The summed E-state index contributed by atoms with van der Waals surface area (Å²) in [6.07, 6.45) is 7.70. The summed E-state index contributed by atoms with van der Waals surface area (Å²) in [5.74, 6) is 0.714. The predicted molar refractivity (Wildman–Crippen MR) is 93.0 cm³/mol. The van der Waals surface area contributed by atoms with Crippen LogP contribution in [0.4, 0.5) is 0 Å². The first kappa shape index (κ1) is 18.0. The molecule has 0 saturated carbocycles. The first-order chi connectivity index (χ1) is 10.0. The monoisotopic (exact) mass is 306 g/mol. The normalized spacial score (nSPS) is 11.4. The second-order valence-electron chi connectivity index (χ2n) is 6.43. The van der Waals surface area contributed by atoms with Crippen LogP contribution in [-0.2, 0) is 0 Å². The largest absolute Gasteiger partial charge is 0.496 e. The van der Waals surface area contributed by atoms with Crippen molar-refractivity contribution in [3.05, 3.63) is 29.8 Å².